The van der Waals surface area contributed by atoms with Gasteiger partial charge in [0.2, 0.25) is 0 Å². The molecule has 2 heteroatoms. The Hall–Kier alpha value is -0.760. The highest BCUT2D eigenvalue weighted by molar-refractivity contribution is 5.28. The van der Waals surface area contributed by atoms with Gasteiger partial charge in [-0.3, -0.25) is 5.32 Å². The number of hydrogen-bond donors (Lipinski definition) is 1. The van der Waals surface area contributed by atoms with Crippen molar-refractivity contribution in [3.63, 3.8) is 0 Å². The molecule has 0 aromatic carbocycles. The zero-order valence-corrected chi connectivity index (χ0v) is 8.11. The summed E-state index contributed by atoms with van der Waals surface area (Å²) in [5.41, 5.74) is 1.09. The summed E-state index contributed by atoms with van der Waals surface area (Å²) in [6.07, 6.45) is 4.13. The average molecular weight is 167 g/mol. The summed E-state index contributed by atoms with van der Waals surface area (Å²) in [5.74, 6) is 0.953. The fraction of sp³-hybridized carbons (Fsp3) is 0.600. The van der Waals surface area contributed by atoms with Crippen molar-refractivity contribution in [2.24, 2.45) is 0 Å². The molecule has 0 spiro atoms. The maximum atomic E-state index is 5.71. The lowest BCUT2D eigenvalue weighted by atomic mass is 10.3. The molecule has 0 aromatic heterocycles. The molecule has 12 heavy (non-hydrogen) atoms. The first kappa shape index (κ1) is 9.33. The standard InChI is InChI=1S/C10H17NO/c1-5-9(8-6-7-8)12-10(2,3)11-4/h5,11H,1,6-7H2,2-4H3. The number of hydrogen-bond acceptors (Lipinski definition) is 2. The average Bonchev–Trinajstić information content (AvgIpc) is 2.83. The van der Waals surface area contributed by atoms with Gasteiger partial charge in [-0.05, 0) is 45.4 Å². The lowest BCUT2D eigenvalue weighted by Gasteiger charge is -2.26. The van der Waals surface area contributed by atoms with Crippen LogP contribution >= 0.6 is 0 Å². The van der Waals surface area contributed by atoms with Crippen molar-refractivity contribution in [3.8, 4) is 0 Å². The second-order valence-corrected chi connectivity index (χ2v) is 3.53. The molecule has 1 fully saturated rings. The van der Waals surface area contributed by atoms with Gasteiger partial charge in [0, 0.05) is 0 Å². The molecule has 2 nitrogen and oxygen atoms in total. The van der Waals surface area contributed by atoms with Crippen LogP contribution in [0, 0.1) is 0 Å². The Balaban J connectivity index is 2.60. The molecule has 0 atom stereocenters. The van der Waals surface area contributed by atoms with Crippen molar-refractivity contribution < 1.29 is 4.74 Å². The Morgan fingerprint density at radius 1 is 1.58 bits per heavy atom. The van der Waals surface area contributed by atoms with Crippen molar-refractivity contribution in [2.45, 2.75) is 32.4 Å². The zero-order chi connectivity index (χ0) is 9.19. The summed E-state index contributed by atoms with van der Waals surface area (Å²) in [7, 11) is 1.89. The van der Waals surface area contributed by atoms with Gasteiger partial charge in [-0.2, -0.15) is 0 Å². The van der Waals surface area contributed by atoms with Gasteiger partial charge in [-0.1, -0.05) is 6.58 Å². The first-order valence-electron chi connectivity index (χ1n) is 4.31. The van der Waals surface area contributed by atoms with Gasteiger partial charge in [-0.25, -0.2) is 0 Å². The molecule has 1 aliphatic rings. The van der Waals surface area contributed by atoms with Gasteiger partial charge in [0.25, 0.3) is 0 Å². The van der Waals surface area contributed by atoms with E-state index in [4.69, 9.17) is 4.74 Å². The highest BCUT2D eigenvalue weighted by Crippen LogP contribution is 2.33. The van der Waals surface area contributed by atoms with Crippen LogP contribution in [-0.2, 0) is 4.74 Å². The Morgan fingerprint density at radius 2 is 2.17 bits per heavy atom. The predicted molar refractivity (Wildman–Crippen MR) is 50.7 cm³/mol. The molecule has 1 saturated carbocycles. The van der Waals surface area contributed by atoms with Crippen LogP contribution in [0.2, 0.25) is 0 Å². The molecule has 1 rings (SSSR count). The van der Waals surface area contributed by atoms with Gasteiger partial charge in [0.1, 0.15) is 5.76 Å². The van der Waals surface area contributed by atoms with E-state index in [1.165, 1.54) is 18.4 Å². The topological polar surface area (TPSA) is 21.3 Å². The second-order valence-electron chi connectivity index (χ2n) is 3.53. The Kier molecular flexibility index (Phi) is 2.58. The predicted octanol–water partition coefficient (Wildman–Crippen LogP) is 2.19. The van der Waals surface area contributed by atoms with E-state index in [1.807, 2.05) is 20.9 Å². The van der Waals surface area contributed by atoms with Gasteiger partial charge in [0.15, 0.2) is 5.72 Å². The van der Waals surface area contributed by atoms with Crippen LogP contribution in [0.4, 0.5) is 0 Å². The zero-order valence-electron chi connectivity index (χ0n) is 8.11. The normalized spacial score (nSPS) is 15.8. The van der Waals surface area contributed by atoms with E-state index >= 15 is 0 Å². The minimum atomic E-state index is -0.293. The SMILES string of the molecule is C=CC(OC(C)(C)NC)=C1CC1. The molecule has 1 aliphatic carbocycles. The molecule has 0 aliphatic heterocycles. The quantitative estimate of drug-likeness (QED) is 0.512. The van der Waals surface area contributed by atoms with Crippen molar-refractivity contribution in [1.82, 2.24) is 5.32 Å². The van der Waals surface area contributed by atoms with Crippen LogP contribution < -0.4 is 5.32 Å². The molecule has 0 radical (unpaired) electrons. The third-order valence-corrected chi connectivity index (χ3v) is 2.00. The maximum absolute atomic E-state index is 5.71. The Bertz CT molecular complexity index is 210. The summed E-state index contributed by atoms with van der Waals surface area (Å²) < 4.78 is 5.71. The van der Waals surface area contributed by atoms with Crippen LogP contribution in [0.1, 0.15) is 26.7 Å². The first-order chi connectivity index (χ1) is 5.59. The third kappa shape index (κ3) is 2.38. The van der Waals surface area contributed by atoms with E-state index < -0.39 is 0 Å². The molecule has 0 heterocycles. The highest BCUT2D eigenvalue weighted by Gasteiger charge is 2.23. The fourth-order valence-electron chi connectivity index (χ4n) is 0.893. The Morgan fingerprint density at radius 3 is 2.50 bits per heavy atom. The molecule has 0 aromatic rings. The van der Waals surface area contributed by atoms with E-state index in [-0.39, 0.29) is 5.72 Å². The molecule has 0 saturated heterocycles. The number of allylic oxidation sites excluding steroid dienone is 2. The lowest BCUT2D eigenvalue weighted by Crippen LogP contribution is -2.38. The van der Waals surface area contributed by atoms with E-state index in [1.54, 1.807) is 6.08 Å². The molecule has 1 N–H and O–H groups in total. The van der Waals surface area contributed by atoms with Gasteiger partial charge >= 0.3 is 0 Å². The minimum absolute atomic E-state index is 0.293. The molecule has 0 amide bonds. The molecular formula is C10H17NO. The maximum Gasteiger partial charge on any atom is 0.155 e. The van der Waals surface area contributed by atoms with Gasteiger partial charge in [-0.15, -0.1) is 0 Å². The van der Waals surface area contributed by atoms with Gasteiger partial charge < -0.3 is 4.74 Å². The lowest BCUT2D eigenvalue weighted by molar-refractivity contribution is 0.0170. The highest BCUT2D eigenvalue weighted by atomic mass is 16.5. The van der Waals surface area contributed by atoms with Crippen molar-refractivity contribution in [2.75, 3.05) is 7.05 Å². The van der Waals surface area contributed by atoms with Crippen LogP contribution in [0.15, 0.2) is 24.0 Å². The minimum Gasteiger partial charge on any atom is -0.473 e. The fourth-order valence-corrected chi connectivity index (χ4v) is 0.893. The first-order valence-corrected chi connectivity index (χ1v) is 4.31. The van der Waals surface area contributed by atoms with Crippen molar-refractivity contribution in [3.05, 3.63) is 24.0 Å². The summed E-state index contributed by atoms with van der Waals surface area (Å²) >= 11 is 0. The summed E-state index contributed by atoms with van der Waals surface area (Å²) in [4.78, 5) is 0. The smallest absolute Gasteiger partial charge is 0.155 e. The van der Waals surface area contributed by atoms with Crippen LogP contribution in [0.5, 0.6) is 0 Å². The Labute approximate surface area is 74.3 Å². The molecule has 0 unspecified atom stereocenters. The van der Waals surface area contributed by atoms with E-state index in [2.05, 4.69) is 11.9 Å². The number of ether oxygens (including phenoxy) is 1. The van der Waals surface area contributed by atoms with E-state index in [0.717, 1.165) is 5.76 Å². The van der Waals surface area contributed by atoms with Crippen LogP contribution in [-0.4, -0.2) is 12.8 Å². The molecule has 68 valence electrons. The van der Waals surface area contributed by atoms with E-state index in [0.29, 0.717) is 0 Å². The monoisotopic (exact) mass is 167 g/mol. The third-order valence-electron chi connectivity index (χ3n) is 2.00. The van der Waals surface area contributed by atoms with Crippen LogP contribution in [0.25, 0.3) is 0 Å². The summed E-state index contributed by atoms with van der Waals surface area (Å²) in [5, 5.41) is 3.08. The summed E-state index contributed by atoms with van der Waals surface area (Å²) in [6, 6.07) is 0. The molecular weight excluding hydrogens is 150 g/mol. The van der Waals surface area contributed by atoms with Crippen LogP contribution in [0.3, 0.4) is 0 Å². The summed E-state index contributed by atoms with van der Waals surface area (Å²) in [6.45, 7) is 7.73. The van der Waals surface area contributed by atoms with E-state index in [9.17, 15) is 0 Å². The number of nitrogens with one attached hydrogen (secondary N) is 1. The number of rotatable bonds is 4. The largest absolute Gasteiger partial charge is 0.473 e. The second kappa shape index (κ2) is 3.31. The van der Waals surface area contributed by atoms with Crippen molar-refractivity contribution in [1.29, 1.82) is 0 Å². The van der Waals surface area contributed by atoms with Gasteiger partial charge in [0.05, 0.1) is 0 Å². The molecule has 0 bridgehead atoms. The van der Waals surface area contributed by atoms with Crippen molar-refractivity contribution >= 4 is 0 Å².